The first-order valence-electron chi connectivity index (χ1n) is 6.49. The summed E-state index contributed by atoms with van der Waals surface area (Å²) in [6.07, 6.45) is -0.592. The van der Waals surface area contributed by atoms with Gasteiger partial charge in [-0.3, -0.25) is 4.79 Å². The van der Waals surface area contributed by atoms with Crippen LogP contribution in [0.4, 0.5) is 0 Å². The summed E-state index contributed by atoms with van der Waals surface area (Å²) in [6, 6.07) is 14.2. The lowest BCUT2D eigenvalue weighted by atomic mass is 10.2. The van der Waals surface area contributed by atoms with Crippen molar-refractivity contribution in [1.29, 1.82) is 0 Å². The number of hydrogen-bond donors (Lipinski definition) is 1. The maximum absolute atomic E-state index is 12.0. The molecule has 0 saturated heterocycles. The third-order valence-corrected chi connectivity index (χ3v) is 3.34. The van der Waals surface area contributed by atoms with Crippen molar-refractivity contribution in [2.45, 2.75) is 19.6 Å². The molecule has 2 rings (SSSR count). The van der Waals surface area contributed by atoms with Gasteiger partial charge in [0.15, 0.2) is 6.10 Å². The summed E-state index contributed by atoms with van der Waals surface area (Å²) in [5.74, 6) is 0.412. The molecule has 0 spiro atoms. The lowest BCUT2D eigenvalue weighted by Gasteiger charge is -2.14. The van der Waals surface area contributed by atoms with Gasteiger partial charge < -0.3 is 10.1 Å². The molecule has 0 aliphatic rings. The zero-order valence-electron chi connectivity index (χ0n) is 11.5. The van der Waals surface area contributed by atoms with Gasteiger partial charge in [-0.2, -0.15) is 0 Å². The number of amides is 1. The van der Waals surface area contributed by atoms with Crippen LogP contribution in [0.2, 0.25) is 10.0 Å². The molecular formula is C16H15Cl2NO2. The molecule has 2 aromatic rings. The van der Waals surface area contributed by atoms with Crippen LogP contribution < -0.4 is 10.1 Å². The quantitative estimate of drug-likeness (QED) is 0.900. The van der Waals surface area contributed by atoms with Crippen molar-refractivity contribution in [1.82, 2.24) is 5.32 Å². The molecule has 0 heterocycles. The maximum atomic E-state index is 12.0. The summed E-state index contributed by atoms with van der Waals surface area (Å²) in [7, 11) is 0. The van der Waals surface area contributed by atoms with E-state index in [1.54, 1.807) is 37.3 Å². The molecule has 110 valence electrons. The van der Waals surface area contributed by atoms with Crippen LogP contribution in [0.1, 0.15) is 12.5 Å². The Hall–Kier alpha value is -1.71. The van der Waals surface area contributed by atoms with Gasteiger partial charge in [-0.05, 0) is 48.9 Å². The summed E-state index contributed by atoms with van der Waals surface area (Å²) in [6.45, 7) is 2.11. The second kappa shape index (κ2) is 7.34. The van der Waals surface area contributed by atoms with Crippen LogP contribution in [0, 0.1) is 0 Å². The lowest BCUT2D eigenvalue weighted by molar-refractivity contribution is -0.127. The normalized spacial score (nSPS) is 11.8. The molecule has 0 saturated carbocycles. The van der Waals surface area contributed by atoms with Crippen molar-refractivity contribution < 1.29 is 9.53 Å². The molecule has 5 heteroatoms. The molecule has 0 aliphatic carbocycles. The topological polar surface area (TPSA) is 38.3 Å². The Bertz CT molecular complexity index is 614. The van der Waals surface area contributed by atoms with Crippen LogP contribution in [0.15, 0.2) is 48.5 Å². The standard InChI is InChI=1S/C16H15Cl2NO2/c1-11(21-15-7-5-13(17)6-8-15)16(20)19-10-12-3-2-4-14(18)9-12/h2-9,11H,10H2,1H3,(H,19,20)/t11-/m1/s1. The highest BCUT2D eigenvalue weighted by Crippen LogP contribution is 2.17. The molecule has 1 atom stereocenters. The molecule has 0 bridgehead atoms. The second-order valence-electron chi connectivity index (χ2n) is 4.56. The molecule has 0 aromatic heterocycles. The van der Waals surface area contributed by atoms with E-state index in [9.17, 15) is 4.79 Å². The second-order valence-corrected chi connectivity index (χ2v) is 5.43. The minimum absolute atomic E-state index is 0.190. The number of halogens is 2. The Labute approximate surface area is 133 Å². The summed E-state index contributed by atoms with van der Waals surface area (Å²) >= 11 is 11.7. The number of benzene rings is 2. The first-order chi connectivity index (χ1) is 10.0. The third kappa shape index (κ3) is 4.96. The van der Waals surface area contributed by atoms with Crippen LogP contribution in [-0.4, -0.2) is 12.0 Å². The minimum atomic E-state index is -0.592. The summed E-state index contributed by atoms with van der Waals surface area (Å²) in [5, 5.41) is 4.08. The highest BCUT2D eigenvalue weighted by atomic mass is 35.5. The van der Waals surface area contributed by atoms with E-state index in [4.69, 9.17) is 27.9 Å². The fourth-order valence-electron chi connectivity index (χ4n) is 1.75. The number of nitrogens with one attached hydrogen (secondary N) is 1. The van der Waals surface area contributed by atoms with E-state index in [0.29, 0.717) is 22.3 Å². The van der Waals surface area contributed by atoms with Gasteiger partial charge in [0, 0.05) is 16.6 Å². The molecule has 0 radical (unpaired) electrons. The van der Waals surface area contributed by atoms with Gasteiger partial charge in [0.1, 0.15) is 5.75 Å². The fourth-order valence-corrected chi connectivity index (χ4v) is 2.09. The van der Waals surface area contributed by atoms with Gasteiger partial charge in [0.2, 0.25) is 0 Å². The van der Waals surface area contributed by atoms with E-state index < -0.39 is 6.10 Å². The van der Waals surface area contributed by atoms with Crippen LogP contribution in [-0.2, 0) is 11.3 Å². The number of ether oxygens (including phenoxy) is 1. The Morgan fingerprint density at radius 3 is 2.52 bits per heavy atom. The molecular weight excluding hydrogens is 309 g/mol. The van der Waals surface area contributed by atoms with Gasteiger partial charge in [0.05, 0.1) is 0 Å². The highest BCUT2D eigenvalue weighted by Gasteiger charge is 2.14. The van der Waals surface area contributed by atoms with E-state index in [1.807, 2.05) is 18.2 Å². The summed E-state index contributed by atoms with van der Waals surface area (Å²) < 4.78 is 5.55. The molecule has 21 heavy (non-hydrogen) atoms. The number of rotatable bonds is 5. The van der Waals surface area contributed by atoms with Gasteiger partial charge in [-0.1, -0.05) is 35.3 Å². The van der Waals surface area contributed by atoms with Crippen molar-refractivity contribution in [2.24, 2.45) is 0 Å². The maximum Gasteiger partial charge on any atom is 0.261 e. The molecule has 0 aliphatic heterocycles. The predicted octanol–water partition coefficient (Wildman–Crippen LogP) is 4.08. The van der Waals surface area contributed by atoms with Gasteiger partial charge in [-0.25, -0.2) is 0 Å². The van der Waals surface area contributed by atoms with Gasteiger partial charge >= 0.3 is 0 Å². The van der Waals surface area contributed by atoms with Crippen LogP contribution in [0.3, 0.4) is 0 Å². The molecule has 2 aromatic carbocycles. The lowest BCUT2D eigenvalue weighted by Crippen LogP contribution is -2.35. The Morgan fingerprint density at radius 2 is 1.86 bits per heavy atom. The predicted molar refractivity (Wildman–Crippen MR) is 84.8 cm³/mol. The first-order valence-corrected chi connectivity index (χ1v) is 7.24. The van der Waals surface area contributed by atoms with Crippen molar-refractivity contribution >= 4 is 29.1 Å². The number of carbonyl (C=O) groups is 1. The average molecular weight is 324 g/mol. The molecule has 1 N–H and O–H groups in total. The third-order valence-electron chi connectivity index (χ3n) is 2.85. The smallest absolute Gasteiger partial charge is 0.261 e. The zero-order valence-corrected chi connectivity index (χ0v) is 13.0. The van der Waals surface area contributed by atoms with E-state index in [-0.39, 0.29) is 5.91 Å². The van der Waals surface area contributed by atoms with Crippen LogP contribution in [0.25, 0.3) is 0 Å². The van der Waals surface area contributed by atoms with E-state index in [0.717, 1.165) is 5.56 Å². The average Bonchev–Trinajstić information content (AvgIpc) is 2.47. The molecule has 1 amide bonds. The van der Waals surface area contributed by atoms with Gasteiger partial charge in [0.25, 0.3) is 5.91 Å². The van der Waals surface area contributed by atoms with E-state index in [1.165, 1.54) is 0 Å². The first kappa shape index (κ1) is 15.7. The number of carbonyl (C=O) groups excluding carboxylic acids is 1. The Balaban J connectivity index is 1.86. The van der Waals surface area contributed by atoms with Crippen molar-refractivity contribution in [3.63, 3.8) is 0 Å². The highest BCUT2D eigenvalue weighted by molar-refractivity contribution is 6.30. The SMILES string of the molecule is C[C@@H](Oc1ccc(Cl)cc1)C(=O)NCc1cccc(Cl)c1. The van der Waals surface area contributed by atoms with Crippen molar-refractivity contribution in [2.75, 3.05) is 0 Å². The monoisotopic (exact) mass is 323 g/mol. The zero-order chi connectivity index (χ0) is 15.2. The largest absolute Gasteiger partial charge is 0.481 e. The number of hydrogen-bond acceptors (Lipinski definition) is 2. The molecule has 3 nitrogen and oxygen atoms in total. The molecule has 0 fully saturated rings. The fraction of sp³-hybridized carbons (Fsp3) is 0.188. The van der Waals surface area contributed by atoms with E-state index >= 15 is 0 Å². The Morgan fingerprint density at radius 1 is 1.14 bits per heavy atom. The van der Waals surface area contributed by atoms with Crippen molar-refractivity contribution in [3.8, 4) is 5.75 Å². The van der Waals surface area contributed by atoms with Crippen LogP contribution in [0.5, 0.6) is 5.75 Å². The Kier molecular flexibility index (Phi) is 5.48. The summed E-state index contributed by atoms with van der Waals surface area (Å²) in [5.41, 5.74) is 0.939. The van der Waals surface area contributed by atoms with Crippen molar-refractivity contribution in [3.05, 3.63) is 64.1 Å². The van der Waals surface area contributed by atoms with Crippen LogP contribution >= 0.6 is 23.2 Å². The van der Waals surface area contributed by atoms with Gasteiger partial charge in [-0.15, -0.1) is 0 Å². The summed E-state index contributed by atoms with van der Waals surface area (Å²) in [4.78, 5) is 12.0. The molecule has 0 unspecified atom stereocenters. The minimum Gasteiger partial charge on any atom is -0.481 e. The van der Waals surface area contributed by atoms with E-state index in [2.05, 4.69) is 5.32 Å².